The monoisotopic (exact) mass is 244 g/mol. The molecule has 0 fully saturated rings. The van der Waals surface area contributed by atoms with Gasteiger partial charge in [0, 0.05) is 12.2 Å². The zero-order valence-corrected chi connectivity index (χ0v) is 10.7. The number of halogens is 1. The molecule has 0 radical (unpaired) electrons. The molecule has 15 heavy (non-hydrogen) atoms. The van der Waals surface area contributed by atoms with E-state index in [4.69, 9.17) is 11.6 Å². The summed E-state index contributed by atoms with van der Waals surface area (Å²) in [6.07, 6.45) is 2.88. The molecular formula is C11H17ClN2S. The van der Waals surface area contributed by atoms with Gasteiger partial charge in [-0.3, -0.25) is 0 Å². The zero-order valence-electron chi connectivity index (χ0n) is 9.16. The van der Waals surface area contributed by atoms with Gasteiger partial charge in [0.2, 0.25) is 0 Å². The molecule has 0 aromatic carbocycles. The highest BCUT2D eigenvalue weighted by Crippen LogP contribution is 2.19. The Morgan fingerprint density at radius 3 is 3.07 bits per heavy atom. The van der Waals surface area contributed by atoms with E-state index in [2.05, 4.69) is 24.1 Å². The Labute approximate surface area is 101 Å². The maximum Gasteiger partial charge on any atom is 0.144 e. The molecule has 4 heteroatoms. The average Bonchev–Trinajstić information content (AvgIpc) is 2.22. The van der Waals surface area contributed by atoms with Crippen LogP contribution in [0.25, 0.3) is 0 Å². The molecule has 0 saturated carbocycles. The van der Waals surface area contributed by atoms with E-state index in [-0.39, 0.29) is 0 Å². The molecule has 2 nitrogen and oxygen atoms in total. The highest BCUT2D eigenvalue weighted by Gasteiger charge is 2.05. The van der Waals surface area contributed by atoms with Crippen LogP contribution in [0.2, 0.25) is 5.02 Å². The quantitative estimate of drug-likeness (QED) is 0.773. The molecule has 0 aliphatic rings. The van der Waals surface area contributed by atoms with Gasteiger partial charge < -0.3 is 5.32 Å². The van der Waals surface area contributed by atoms with Crippen LogP contribution in [0.5, 0.6) is 0 Å². The molecule has 1 atom stereocenters. The highest BCUT2D eigenvalue weighted by molar-refractivity contribution is 7.99. The van der Waals surface area contributed by atoms with Gasteiger partial charge in [-0.1, -0.05) is 18.5 Å². The van der Waals surface area contributed by atoms with Crippen LogP contribution in [0.4, 0.5) is 5.82 Å². The fraction of sp³-hybridized carbons (Fsp3) is 0.545. The van der Waals surface area contributed by atoms with E-state index >= 15 is 0 Å². The first kappa shape index (κ1) is 12.7. The van der Waals surface area contributed by atoms with Gasteiger partial charge >= 0.3 is 0 Å². The summed E-state index contributed by atoms with van der Waals surface area (Å²) in [6, 6.07) is 4.10. The summed E-state index contributed by atoms with van der Waals surface area (Å²) in [5.41, 5.74) is 0. The Morgan fingerprint density at radius 2 is 2.40 bits per heavy atom. The Morgan fingerprint density at radius 1 is 1.60 bits per heavy atom. The third kappa shape index (κ3) is 4.76. The molecule has 0 aliphatic carbocycles. The number of nitrogens with one attached hydrogen (secondary N) is 1. The van der Waals surface area contributed by atoms with Crippen molar-refractivity contribution >= 4 is 29.2 Å². The lowest BCUT2D eigenvalue weighted by molar-refractivity contribution is 0.766. The lowest BCUT2D eigenvalue weighted by Gasteiger charge is -2.14. The van der Waals surface area contributed by atoms with Crippen molar-refractivity contribution in [1.29, 1.82) is 0 Å². The molecule has 0 saturated heterocycles. The van der Waals surface area contributed by atoms with E-state index in [1.165, 1.54) is 11.5 Å². The molecule has 1 unspecified atom stereocenters. The summed E-state index contributed by atoms with van der Waals surface area (Å²) in [7, 11) is 0. The summed E-state index contributed by atoms with van der Waals surface area (Å²) >= 11 is 7.96. The number of aromatic nitrogens is 1. The summed E-state index contributed by atoms with van der Waals surface area (Å²) in [4.78, 5) is 4.20. The zero-order chi connectivity index (χ0) is 11.1. The van der Waals surface area contributed by atoms with Gasteiger partial charge in [0.15, 0.2) is 0 Å². The van der Waals surface area contributed by atoms with Crippen molar-refractivity contribution in [3.05, 3.63) is 23.4 Å². The Bertz CT molecular complexity index is 294. The second-order valence-electron chi connectivity index (χ2n) is 3.36. The SMILES string of the molecule is CCSCCC(C)Nc1ncccc1Cl. The number of thioether (sulfide) groups is 1. The van der Waals surface area contributed by atoms with E-state index in [1.54, 1.807) is 6.20 Å². The summed E-state index contributed by atoms with van der Waals surface area (Å²) in [6.45, 7) is 4.33. The van der Waals surface area contributed by atoms with Gasteiger partial charge in [0.1, 0.15) is 5.82 Å². The first-order valence-electron chi connectivity index (χ1n) is 5.18. The minimum atomic E-state index is 0.413. The fourth-order valence-corrected chi connectivity index (χ4v) is 2.19. The van der Waals surface area contributed by atoms with Crippen LogP contribution < -0.4 is 5.32 Å². The van der Waals surface area contributed by atoms with Crippen molar-refractivity contribution in [3.63, 3.8) is 0 Å². The first-order valence-corrected chi connectivity index (χ1v) is 6.72. The largest absolute Gasteiger partial charge is 0.366 e. The van der Waals surface area contributed by atoms with Gasteiger partial charge in [-0.05, 0) is 37.0 Å². The standard InChI is InChI=1S/C11H17ClN2S/c1-3-15-8-6-9(2)14-11-10(12)5-4-7-13-11/h4-5,7,9H,3,6,8H2,1-2H3,(H,13,14). The van der Waals surface area contributed by atoms with E-state index in [1.807, 2.05) is 23.9 Å². The minimum absolute atomic E-state index is 0.413. The summed E-state index contributed by atoms with van der Waals surface area (Å²) in [5.74, 6) is 3.14. The van der Waals surface area contributed by atoms with Crippen molar-refractivity contribution in [3.8, 4) is 0 Å². The molecule has 0 bridgehead atoms. The van der Waals surface area contributed by atoms with Gasteiger partial charge in [-0.2, -0.15) is 11.8 Å². The van der Waals surface area contributed by atoms with E-state index in [9.17, 15) is 0 Å². The maximum absolute atomic E-state index is 6.00. The Kier molecular flexibility index (Phi) is 5.88. The van der Waals surface area contributed by atoms with Gasteiger partial charge in [0.05, 0.1) is 5.02 Å². The highest BCUT2D eigenvalue weighted by atomic mass is 35.5. The molecule has 1 aromatic rings. The number of pyridine rings is 1. The molecule has 1 rings (SSSR count). The van der Waals surface area contributed by atoms with Gasteiger partial charge in [0.25, 0.3) is 0 Å². The Balaban J connectivity index is 2.37. The third-order valence-electron chi connectivity index (χ3n) is 2.04. The normalized spacial score (nSPS) is 12.5. The third-order valence-corrected chi connectivity index (χ3v) is 3.28. The van der Waals surface area contributed by atoms with Crippen molar-refractivity contribution in [2.24, 2.45) is 0 Å². The molecule has 0 aliphatic heterocycles. The minimum Gasteiger partial charge on any atom is -0.366 e. The van der Waals surface area contributed by atoms with Crippen molar-refractivity contribution in [1.82, 2.24) is 4.98 Å². The van der Waals surface area contributed by atoms with Crippen LogP contribution in [0.15, 0.2) is 18.3 Å². The second-order valence-corrected chi connectivity index (χ2v) is 5.17. The number of anilines is 1. The number of hydrogen-bond donors (Lipinski definition) is 1. The van der Waals surface area contributed by atoms with Crippen molar-refractivity contribution in [2.45, 2.75) is 26.3 Å². The smallest absolute Gasteiger partial charge is 0.144 e. The van der Waals surface area contributed by atoms with E-state index in [0.29, 0.717) is 11.1 Å². The van der Waals surface area contributed by atoms with Crippen molar-refractivity contribution < 1.29 is 0 Å². The molecular weight excluding hydrogens is 228 g/mol. The van der Waals surface area contributed by atoms with Crippen molar-refractivity contribution in [2.75, 3.05) is 16.8 Å². The average molecular weight is 245 g/mol. The lowest BCUT2D eigenvalue weighted by atomic mass is 10.2. The molecule has 1 N–H and O–H groups in total. The fourth-order valence-electron chi connectivity index (χ4n) is 1.20. The van der Waals surface area contributed by atoms with Gasteiger partial charge in [-0.25, -0.2) is 4.98 Å². The number of rotatable bonds is 6. The number of hydrogen-bond acceptors (Lipinski definition) is 3. The topological polar surface area (TPSA) is 24.9 Å². The molecule has 84 valence electrons. The Hall–Kier alpha value is -0.410. The maximum atomic E-state index is 6.00. The van der Waals surface area contributed by atoms with Crippen LogP contribution in [-0.4, -0.2) is 22.5 Å². The summed E-state index contributed by atoms with van der Waals surface area (Å²) < 4.78 is 0. The van der Waals surface area contributed by atoms with E-state index < -0.39 is 0 Å². The van der Waals surface area contributed by atoms with E-state index in [0.717, 1.165) is 12.2 Å². The molecule has 1 aromatic heterocycles. The predicted octanol–water partition coefficient (Wildman–Crippen LogP) is 3.68. The van der Waals surface area contributed by atoms with Crippen LogP contribution in [0.3, 0.4) is 0 Å². The molecule has 0 spiro atoms. The second kappa shape index (κ2) is 6.96. The molecule has 0 amide bonds. The number of nitrogens with zero attached hydrogens (tertiary/aromatic N) is 1. The predicted molar refractivity (Wildman–Crippen MR) is 69.9 cm³/mol. The molecule has 1 heterocycles. The lowest BCUT2D eigenvalue weighted by Crippen LogP contribution is -2.17. The van der Waals surface area contributed by atoms with Gasteiger partial charge in [-0.15, -0.1) is 0 Å². The van der Waals surface area contributed by atoms with Crippen LogP contribution >= 0.6 is 23.4 Å². The van der Waals surface area contributed by atoms with Crippen LogP contribution in [0, 0.1) is 0 Å². The van der Waals surface area contributed by atoms with Crippen LogP contribution in [0.1, 0.15) is 20.3 Å². The first-order chi connectivity index (χ1) is 7.24. The van der Waals surface area contributed by atoms with Crippen LogP contribution in [-0.2, 0) is 0 Å². The summed E-state index contributed by atoms with van der Waals surface area (Å²) in [5, 5.41) is 4.00.